The molecular weight excluding hydrogens is 244 g/mol. The van der Waals surface area contributed by atoms with E-state index in [1.54, 1.807) is 13.2 Å². The third-order valence-electron chi connectivity index (χ3n) is 2.75. The molecule has 0 spiro atoms. The Bertz CT molecular complexity index is 584. The first-order chi connectivity index (χ1) is 9.24. The highest BCUT2D eigenvalue weighted by Crippen LogP contribution is 2.19. The van der Waals surface area contributed by atoms with Crippen molar-refractivity contribution in [3.05, 3.63) is 36.0 Å². The Labute approximate surface area is 111 Å². The molecule has 0 aliphatic carbocycles. The number of aliphatic hydroxyl groups is 1. The number of rotatable bonds is 5. The first kappa shape index (κ1) is 13.3. The summed E-state index contributed by atoms with van der Waals surface area (Å²) in [5, 5.41) is 12.3. The lowest BCUT2D eigenvalue weighted by molar-refractivity contribution is 0.0946. The second-order valence-corrected chi connectivity index (χ2v) is 4.09. The molecule has 19 heavy (non-hydrogen) atoms. The molecule has 0 unspecified atom stereocenters. The van der Waals surface area contributed by atoms with Crippen LogP contribution >= 0.6 is 0 Å². The maximum atomic E-state index is 11.8. The number of hydrogen-bond donors (Lipinski definition) is 2. The van der Waals surface area contributed by atoms with Crippen LogP contribution in [0.25, 0.3) is 10.9 Å². The van der Waals surface area contributed by atoms with Gasteiger partial charge in [-0.1, -0.05) is 6.07 Å². The highest BCUT2D eigenvalue weighted by Gasteiger charge is 2.07. The number of carbonyl (C=O) groups is 1. The van der Waals surface area contributed by atoms with Crippen molar-refractivity contribution in [2.45, 2.75) is 6.42 Å². The number of fused-ring (bicyclic) bond motifs is 1. The number of nitrogens with zero attached hydrogens (tertiary/aromatic N) is 1. The molecule has 1 aromatic carbocycles. The quantitative estimate of drug-likeness (QED) is 0.796. The molecule has 0 atom stereocenters. The molecule has 1 heterocycles. The molecule has 0 fully saturated rings. The summed E-state index contributed by atoms with van der Waals surface area (Å²) in [6, 6.07) is 9.01. The third kappa shape index (κ3) is 3.20. The fourth-order valence-electron chi connectivity index (χ4n) is 1.73. The zero-order valence-electron chi connectivity index (χ0n) is 10.7. The first-order valence-electron chi connectivity index (χ1n) is 6.08. The highest BCUT2D eigenvalue weighted by molar-refractivity contribution is 5.95. The summed E-state index contributed by atoms with van der Waals surface area (Å²) in [6.45, 7) is 0.503. The minimum Gasteiger partial charge on any atom is -0.497 e. The maximum Gasteiger partial charge on any atom is 0.269 e. The predicted octanol–water partition coefficient (Wildman–Crippen LogP) is 1.36. The van der Waals surface area contributed by atoms with Crippen molar-refractivity contribution >= 4 is 16.8 Å². The first-order valence-corrected chi connectivity index (χ1v) is 6.08. The molecular formula is C14H16N2O3. The molecule has 100 valence electrons. The number of amides is 1. The topological polar surface area (TPSA) is 71.5 Å². The Morgan fingerprint density at radius 3 is 2.95 bits per heavy atom. The number of hydrogen-bond acceptors (Lipinski definition) is 4. The van der Waals surface area contributed by atoms with Crippen LogP contribution in [0.5, 0.6) is 5.75 Å². The zero-order valence-corrected chi connectivity index (χ0v) is 10.7. The molecule has 0 saturated carbocycles. The fourth-order valence-corrected chi connectivity index (χ4v) is 1.73. The largest absolute Gasteiger partial charge is 0.497 e. The molecule has 0 bridgehead atoms. The lowest BCUT2D eigenvalue weighted by atomic mass is 10.2. The lowest BCUT2D eigenvalue weighted by Gasteiger charge is -2.06. The van der Waals surface area contributed by atoms with Gasteiger partial charge < -0.3 is 15.2 Å². The van der Waals surface area contributed by atoms with Crippen LogP contribution in [0, 0.1) is 0 Å². The molecule has 1 aromatic heterocycles. The molecule has 2 N–H and O–H groups in total. The molecule has 2 rings (SSSR count). The molecule has 0 radical (unpaired) electrons. The van der Waals surface area contributed by atoms with Gasteiger partial charge in [0.15, 0.2) is 0 Å². The summed E-state index contributed by atoms with van der Waals surface area (Å²) in [5.41, 5.74) is 1.12. The van der Waals surface area contributed by atoms with Crippen molar-refractivity contribution in [1.29, 1.82) is 0 Å². The number of benzene rings is 1. The van der Waals surface area contributed by atoms with Gasteiger partial charge in [-0.2, -0.15) is 0 Å². The Morgan fingerprint density at radius 2 is 2.21 bits per heavy atom. The van der Waals surface area contributed by atoms with E-state index < -0.39 is 0 Å². The van der Waals surface area contributed by atoms with Gasteiger partial charge in [0.25, 0.3) is 5.91 Å². The molecule has 0 aliphatic rings. The van der Waals surface area contributed by atoms with Crippen LogP contribution in [0.15, 0.2) is 30.3 Å². The van der Waals surface area contributed by atoms with E-state index in [2.05, 4.69) is 10.3 Å². The molecule has 2 aromatic rings. The monoisotopic (exact) mass is 260 g/mol. The average molecular weight is 260 g/mol. The minimum atomic E-state index is -0.230. The van der Waals surface area contributed by atoms with Crippen molar-refractivity contribution in [1.82, 2.24) is 10.3 Å². The summed E-state index contributed by atoms with van der Waals surface area (Å²) in [7, 11) is 1.61. The van der Waals surface area contributed by atoms with Crippen LogP contribution in [0.3, 0.4) is 0 Å². The third-order valence-corrected chi connectivity index (χ3v) is 2.75. The van der Waals surface area contributed by atoms with E-state index in [4.69, 9.17) is 9.84 Å². The summed E-state index contributed by atoms with van der Waals surface area (Å²) < 4.78 is 5.13. The van der Waals surface area contributed by atoms with Gasteiger partial charge in [0.2, 0.25) is 0 Å². The zero-order chi connectivity index (χ0) is 13.7. The smallest absolute Gasteiger partial charge is 0.269 e. The summed E-state index contributed by atoms with van der Waals surface area (Å²) in [6.07, 6.45) is 0.538. The fraction of sp³-hybridized carbons (Fsp3) is 0.286. The standard InChI is InChI=1S/C14H16N2O3/c1-19-11-4-6-12-10(9-11)3-5-13(16-12)14(18)15-7-2-8-17/h3-6,9,17H,2,7-8H2,1H3,(H,15,18). The van der Waals surface area contributed by atoms with Gasteiger partial charge in [0.1, 0.15) is 11.4 Å². The SMILES string of the molecule is COc1ccc2nc(C(=O)NCCCO)ccc2c1. The van der Waals surface area contributed by atoms with Crippen molar-refractivity contribution in [3.8, 4) is 5.75 Å². The lowest BCUT2D eigenvalue weighted by Crippen LogP contribution is -2.25. The van der Waals surface area contributed by atoms with Crippen LogP contribution in [0.2, 0.25) is 0 Å². The number of ether oxygens (including phenoxy) is 1. The van der Waals surface area contributed by atoms with Crippen LogP contribution in [0.1, 0.15) is 16.9 Å². The van der Waals surface area contributed by atoms with Crippen LogP contribution in [-0.4, -0.2) is 36.3 Å². The Hall–Kier alpha value is -2.14. The molecule has 0 aliphatic heterocycles. The van der Waals surface area contributed by atoms with E-state index in [1.165, 1.54) is 0 Å². The Morgan fingerprint density at radius 1 is 1.37 bits per heavy atom. The molecule has 0 saturated heterocycles. The normalized spacial score (nSPS) is 10.4. The van der Waals surface area contributed by atoms with Gasteiger partial charge in [-0.05, 0) is 30.7 Å². The predicted molar refractivity (Wildman–Crippen MR) is 72.3 cm³/mol. The number of pyridine rings is 1. The molecule has 1 amide bonds. The summed E-state index contributed by atoms with van der Waals surface area (Å²) >= 11 is 0. The summed E-state index contributed by atoms with van der Waals surface area (Å²) in [5.74, 6) is 0.528. The van der Waals surface area contributed by atoms with E-state index in [0.29, 0.717) is 18.7 Å². The van der Waals surface area contributed by atoms with E-state index in [0.717, 1.165) is 16.7 Å². The van der Waals surface area contributed by atoms with Crippen LogP contribution in [-0.2, 0) is 0 Å². The number of carbonyl (C=O) groups excluding carboxylic acids is 1. The second-order valence-electron chi connectivity index (χ2n) is 4.09. The average Bonchev–Trinajstić information content (AvgIpc) is 2.46. The number of aromatic nitrogens is 1. The van der Waals surface area contributed by atoms with Crippen LogP contribution in [0.4, 0.5) is 0 Å². The van der Waals surface area contributed by atoms with Gasteiger partial charge in [-0.25, -0.2) is 4.98 Å². The van der Waals surface area contributed by atoms with Crippen LogP contribution < -0.4 is 10.1 Å². The number of methoxy groups -OCH3 is 1. The number of nitrogens with one attached hydrogen (secondary N) is 1. The van der Waals surface area contributed by atoms with E-state index in [9.17, 15) is 4.79 Å². The Kier molecular flexibility index (Phi) is 4.30. The minimum absolute atomic E-state index is 0.0607. The van der Waals surface area contributed by atoms with Gasteiger partial charge in [0, 0.05) is 18.5 Å². The Balaban J connectivity index is 2.19. The van der Waals surface area contributed by atoms with Gasteiger partial charge in [-0.15, -0.1) is 0 Å². The van der Waals surface area contributed by atoms with Crippen molar-refractivity contribution in [2.24, 2.45) is 0 Å². The molecule has 5 heteroatoms. The van der Waals surface area contributed by atoms with E-state index in [1.807, 2.05) is 24.3 Å². The van der Waals surface area contributed by atoms with Gasteiger partial charge in [0.05, 0.1) is 12.6 Å². The van der Waals surface area contributed by atoms with E-state index in [-0.39, 0.29) is 12.5 Å². The second kappa shape index (κ2) is 6.15. The van der Waals surface area contributed by atoms with Gasteiger partial charge in [-0.3, -0.25) is 4.79 Å². The summed E-state index contributed by atoms with van der Waals surface area (Å²) in [4.78, 5) is 16.1. The maximum absolute atomic E-state index is 11.8. The number of aliphatic hydroxyl groups excluding tert-OH is 1. The highest BCUT2D eigenvalue weighted by atomic mass is 16.5. The van der Waals surface area contributed by atoms with Gasteiger partial charge >= 0.3 is 0 Å². The molecule has 5 nitrogen and oxygen atoms in total. The van der Waals surface area contributed by atoms with Crippen molar-refractivity contribution in [3.63, 3.8) is 0 Å². The van der Waals surface area contributed by atoms with Crippen molar-refractivity contribution in [2.75, 3.05) is 20.3 Å². The van der Waals surface area contributed by atoms with Crippen molar-refractivity contribution < 1.29 is 14.6 Å². The van der Waals surface area contributed by atoms with E-state index >= 15 is 0 Å².